The molecule has 0 spiro atoms. The van der Waals surface area contributed by atoms with Gasteiger partial charge in [0.05, 0.1) is 21.1 Å². The molecule has 0 aromatic heterocycles. The first kappa shape index (κ1) is 45.0. The number of phosphoric acid groups is 1. The first-order valence-corrected chi connectivity index (χ1v) is 20.2. The summed E-state index contributed by atoms with van der Waals surface area (Å²) < 4.78 is 33.9. The zero-order valence-electron chi connectivity index (χ0n) is 30.5. The lowest BCUT2D eigenvalue weighted by atomic mass is 10.1. The number of unbranched alkanes of at least 4 members (excludes halogenated alkanes) is 20. The van der Waals surface area contributed by atoms with Crippen molar-refractivity contribution >= 4 is 19.8 Å². The first-order chi connectivity index (χ1) is 22.0. The number of hydrogen-bond donors (Lipinski definition) is 0. The molecule has 9 nitrogen and oxygen atoms in total. The minimum atomic E-state index is -4.69. The molecule has 0 saturated heterocycles. The fraction of sp³-hybridized carbons (Fsp3) is 0.944. The molecule has 0 aromatic rings. The first-order valence-electron chi connectivity index (χ1n) is 18.7. The third-order valence-corrected chi connectivity index (χ3v) is 9.17. The minimum Gasteiger partial charge on any atom is -0.756 e. The lowest BCUT2D eigenvalue weighted by molar-refractivity contribution is -0.870. The summed E-state index contributed by atoms with van der Waals surface area (Å²) in [4.78, 5) is 37.2. The molecule has 0 amide bonds. The predicted octanol–water partition coefficient (Wildman–Crippen LogP) is 9.05. The molecular formula is C36H72NO8P. The van der Waals surface area contributed by atoms with Crippen LogP contribution in [0.25, 0.3) is 0 Å². The molecule has 10 heteroatoms. The van der Waals surface area contributed by atoms with Gasteiger partial charge in [-0.25, -0.2) is 0 Å². The quantitative estimate of drug-likeness (QED) is 0.0287. The van der Waals surface area contributed by atoms with Crippen LogP contribution in [0.15, 0.2) is 0 Å². The maximum atomic E-state index is 12.5. The molecule has 0 N–H and O–H groups in total. The van der Waals surface area contributed by atoms with Crippen LogP contribution in [0.2, 0.25) is 0 Å². The number of carbonyl (C=O) groups excluding carboxylic acids is 2. The predicted molar refractivity (Wildman–Crippen MR) is 185 cm³/mol. The number of carbonyl (C=O) groups is 2. The van der Waals surface area contributed by atoms with Crippen molar-refractivity contribution in [3.05, 3.63) is 0 Å². The maximum absolute atomic E-state index is 12.5. The van der Waals surface area contributed by atoms with Gasteiger partial charge in [0.15, 0.2) is 0 Å². The fourth-order valence-electron chi connectivity index (χ4n) is 5.13. The number of hydrogen-bond acceptors (Lipinski definition) is 8. The molecule has 0 aliphatic heterocycles. The molecule has 0 aliphatic rings. The number of nitrogens with zero attached hydrogens (tertiary/aromatic N) is 1. The number of rotatable bonds is 34. The molecule has 0 fully saturated rings. The summed E-state index contributed by atoms with van der Waals surface area (Å²) in [5.74, 6) is -0.827. The summed E-state index contributed by atoms with van der Waals surface area (Å²) in [6.07, 6.45) is 25.4. The largest absolute Gasteiger partial charge is 0.756 e. The molecular weight excluding hydrogens is 605 g/mol. The van der Waals surface area contributed by atoms with E-state index in [4.69, 9.17) is 18.5 Å². The highest BCUT2D eigenvalue weighted by atomic mass is 31.2. The van der Waals surface area contributed by atoms with Gasteiger partial charge in [-0.3, -0.25) is 14.2 Å². The van der Waals surface area contributed by atoms with E-state index >= 15 is 0 Å². The molecule has 0 aromatic carbocycles. The number of quaternary nitrogens is 1. The van der Waals surface area contributed by atoms with Gasteiger partial charge in [0.1, 0.15) is 32.5 Å². The van der Waals surface area contributed by atoms with E-state index < -0.39 is 25.9 Å². The van der Waals surface area contributed by atoms with Gasteiger partial charge in [-0.05, 0) is 12.8 Å². The Kier molecular flexibility index (Phi) is 29.4. The third kappa shape index (κ3) is 32.9. The zero-order valence-corrected chi connectivity index (χ0v) is 31.4. The van der Waals surface area contributed by atoms with E-state index in [0.29, 0.717) is 11.0 Å². The lowest BCUT2D eigenvalue weighted by Gasteiger charge is -2.29. The molecule has 274 valence electrons. The van der Waals surface area contributed by atoms with Crippen LogP contribution in [0.5, 0.6) is 0 Å². The summed E-state index contributed by atoms with van der Waals surface area (Å²) >= 11 is 0. The number of ether oxygens (including phenoxy) is 2. The highest BCUT2D eigenvalue weighted by Gasteiger charge is 2.23. The van der Waals surface area contributed by atoms with E-state index in [2.05, 4.69) is 13.8 Å². The molecule has 0 saturated carbocycles. The van der Waals surface area contributed by atoms with Crippen molar-refractivity contribution in [1.82, 2.24) is 0 Å². The van der Waals surface area contributed by atoms with Crippen molar-refractivity contribution in [3.8, 4) is 0 Å². The van der Waals surface area contributed by atoms with Gasteiger partial charge in [0.2, 0.25) is 0 Å². The maximum Gasteiger partial charge on any atom is 0.305 e. The van der Waals surface area contributed by atoms with Crippen LogP contribution in [-0.4, -0.2) is 70.0 Å². The van der Waals surface area contributed by atoms with Gasteiger partial charge in [0.25, 0.3) is 7.82 Å². The van der Waals surface area contributed by atoms with Gasteiger partial charge in [-0.1, -0.05) is 142 Å². The topological polar surface area (TPSA) is 111 Å². The molecule has 0 heterocycles. The van der Waals surface area contributed by atoms with Crippen LogP contribution in [0, 0.1) is 0 Å². The van der Waals surface area contributed by atoms with Crippen LogP contribution < -0.4 is 4.89 Å². The zero-order chi connectivity index (χ0) is 34.4. The molecule has 1 unspecified atom stereocenters. The van der Waals surface area contributed by atoms with Crippen LogP contribution in [0.4, 0.5) is 0 Å². The fourth-order valence-corrected chi connectivity index (χ4v) is 5.98. The third-order valence-electron chi connectivity index (χ3n) is 8.12. The number of likely N-dealkylation sites (N-methyl/N-ethyl adjacent to an activating group) is 1. The lowest BCUT2D eigenvalue weighted by Crippen LogP contribution is -2.38. The highest BCUT2D eigenvalue weighted by Crippen LogP contribution is 2.40. The summed E-state index contributed by atoms with van der Waals surface area (Å²) in [6, 6.07) is 0. The van der Waals surface area contributed by atoms with Crippen molar-refractivity contribution in [2.75, 3.05) is 47.5 Å². The second-order valence-electron chi connectivity index (χ2n) is 14.0. The van der Waals surface area contributed by atoms with Crippen molar-refractivity contribution in [3.63, 3.8) is 0 Å². The summed E-state index contributed by atoms with van der Waals surface area (Å²) in [5.41, 5.74) is 0. The summed E-state index contributed by atoms with van der Waals surface area (Å²) in [6.45, 7) is 4.22. The van der Waals surface area contributed by atoms with E-state index in [1.165, 1.54) is 103 Å². The van der Waals surface area contributed by atoms with Gasteiger partial charge in [-0.2, -0.15) is 0 Å². The second-order valence-corrected chi connectivity index (χ2v) is 15.3. The second kappa shape index (κ2) is 30.1. The Labute approximate surface area is 283 Å². The van der Waals surface area contributed by atoms with Crippen molar-refractivity contribution < 1.29 is 42.1 Å². The Bertz CT molecular complexity index is 732. The van der Waals surface area contributed by atoms with Gasteiger partial charge in [-0.15, -0.1) is 0 Å². The molecule has 0 aliphatic carbocycles. The van der Waals surface area contributed by atoms with Gasteiger partial charge < -0.3 is 27.9 Å². The summed E-state index contributed by atoms with van der Waals surface area (Å²) in [7, 11) is 1.08. The Balaban J connectivity index is 4.40. The standard InChI is InChI=1S/C36H72NO8P/c1-6-8-10-12-14-16-18-20-22-24-26-28-35(38)42-32-34(45-46(40,41)44-31-30-37(3,4)5)33-43-36(39)29-27-25-23-21-19-17-15-13-11-9-7-2/h34H,6-33H2,1-5H3. The molecule has 46 heavy (non-hydrogen) atoms. The van der Waals surface area contributed by atoms with Crippen LogP contribution in [0.3, 0.4) is 0 Å². The Morgan fingerprint density at radius 2 is 0.913 bits per heavy atom. The highest BCUT2D eigenvalue weighted by molar-refractivity contribution is 7.45. The Morgan fingerprint density at radius 3 is 1.24 bits per heavy atom. The average Bonchev–Trinajstić information content (AvgIpc) is 2.99. The van der Waals surface area contributed by atoms with Crippen LogP contribution >= 0.6 is 7.82 Å². The monoisotopic (exact) mass is 677 g/mol. The van der Waals surface area contributed by atoms with E-state index in [1.807, 2.05) is 21.1 Å². The average molecular weight is 678 g/mol. The van der Waals surface area contributed by atoms with Crippen LogP contribution in [-0.2, 0) is 32.7 Å². The van der Waals surface area contributed by atoms with Gasteiger partial charge in [0, 0.05) is 12.8 Å². The van der Waals surface area contributed by atoms with Gasteiger partial charge >= 0.3 is 11.9 Å². The van der Waals surface area contributed by atoms with Crippen molar-refractivity contribution in [2.45, 2.75) is 174 Å². The molecule has 0 rings (SSSR count). The molecule has 0 radical (unpaired) electrons. The SMILES string of the molecule is CCCCCCCCCCCCCC(=O)OCC(COC(=O)CCCCCCCCCCCCC)OP(=O)([O-])OCC[N+](C)(C)C. The van der Waals surface area contributed by atoms with E-state index in [0.717, 1.165) is 38.5 Å². The Morgan fingerprint density at radius 1 is 0.587 bits per heavy atom. The van der Waals surface area contributed by atoms with Crippen molar-refractivity contribution in [2.24, 2.45) is 0 Å². The number of phosphoric ester groups is 1. The Hall–Kier alpha value is -0.990. The molecule has 0 bridgehead atoms. The van der Waals surface area contributed by atoms with Crippen molar-refractivity contribution in [1.29, 1.82) is 0 Å². The molecule has 1 atom stereocenters. The summed E-state index contributed by atoms with van der Waals surface area (Å²) in [5, 5.41) is 0. The number of esters is 2. The van der Waals surface area contributed by atoms with E-state index in [9.17, 15) is 19.0 Å². The van der Waals surface area contributed by atoms with E-state index in [1.54, 1.807) is 0 Å². The smallest absolute Gasteiger partial charge is 0.305 e. The van der Waals surface area contributed by atoms with E-state index in [-0.39, 0.29) is 32.7 Å². The normalized spacial score (nSPS) is 13.2. The van der Waals surface area contributed by atoms with Crippen LogP contribution in [0.1, 0.15) is 168 Å². The minimum absolute atomic E-state index is 0.0473.